The molecule has 0 bridgehead atoms. The minimum absolute atomic E-state index is 0.284. The number of hydrogen-bond acceptors (Lipinski definition) is 3. The summed E-state index contributed by atoms with van der Waals surface area (Å²) in [6.45, 7) is 1.96. The van der Waals surface area contributed by atoms with Gasteiger partial charge in [0.05, 0.1) is 36.3 Å². The van der Waals surface area contributed by atoms with Crippen LogP contribution < -0.4 is 4.74 Å². The molecule has 5 heteroatoms. The van der Waals surface area contributed by atoms with Crippen LogP contribution in [0.2, 0.25) is 0 Å². The van der Waals surface area contributed by atoms with Gasteiger partial charge >= 0.3 is 5.97 Å². The van der Waals surface area contributed by atoms with Crippen LogP contribution in [-0.2, 0) is 0 Å². The van der Waals surface area contributed by atoms with E-state index in [0.717, 1.165) is 22.2 Å². The monoisotopic (exact) mass is 282 g/mol. The maximum absolute atomic E-state index is 11.1. The number of aromatic carboxylic acids is 1. The first kappa shape index (κ1) is 13.2. The average Bonchev–Trinajstić information content (AvgIpc) is 2.84. The third-order valence-corrected chi connectivity index (χ3v) is 3.46. The Morgan fingerprint density at radius 1 is 1.29 bits per heavy atom. The predicted molar refractivity (Wildman–Crippen MR) is 79.3 cm³/mol. The van der Waals surface area contributed by atoms with Gasteiger partial charge in [0.2, 0.25) is 0 Å². The molecule has 0 radical (unpaired) electrons. The van der Waals surface area contributed by atoms with E-state index in [1.165, 1.54) is 0 Å². The second-order valence-electron chi connectivity index (χ2n) is 4.80. The summed E-state index contributed by atoms with van der Waals surface area (Å²) in [7, 11) is 1.60. The predicted octanol–water partition coefficient (Wildman–Crippen LogP) is 3.04. The summed E-state index contributed by atoms with van der Waals surface area (Å²) >= 11 is 0. The van der Waals surface area contributed by atoms with Gasteiger partial charge in [-0.2, -0.15) is 0 Å². The van der Waals surface area contributed by atoms with Gasteiger partial charge in [-0.3, -0.25) is 4.98 Å². The standard InChI is InChI=1S/C16H14N2O3/c1-10-9-18(12-6-13(21-2)8-17-7-12)15-4-3-11(16(19)20)5-14(10)15/h3-9H,1-2H3,(H,19,20). The van der Waals surface area contributed by atoms with Crippen molar-refractivity contribution in [1.82, 2.24) is 9.55 Å². The van der Waals surface area contributed by atoms with Crippen LogP contribution in [0.4, 0.5) is 0 Å². The lowest BCUT2D eigenvalue weighted by Crippen LogP contribution is -1.97. The Labute approximate surface area is 121 Å². The molecule has 0 fully saturated rings. The molecule has 5 nitrogen and oxygen atoms in total. The zero-order chi connectivity index (χ0) is 15.0. The molecule has 1 N–H and O–H groups in total. The summed E-state index contributed by atoms with van der Waals surface area (Å²) in [5.41, 5.74) is 3.10. The van der Waals surface area contributed by atoms with Gasteiger partial charge in [0.25, 0.3) is 0 Å². The third-order valence-electron chi connectivity index (χ3n) is 3.46. The van der Waals surface area contributed by atoms with Gasteiger partial charge < -0.3 is 14.4 Å². The SMILES string of the molecule is COc1cncc(-n2cc(C)c3cc(C(=O)O)ccc32)c1. The number of nitrogens with zero attached hydrogens (tertiary/aromatic N) is 2. The summed E-state index contributed by atoms with van der Waals surface area (Å²) in [6, 6.07) is 6.99. The number of carboxylic acids is 1. The quantitative estimate of drug-likeness (QED) is 0.802. The van der Waals surface area contributed by atoms with E-state index < -0.39 is 5.97 Å². The van der Waals surface area contributed by atoms with Crippen LogP contribution >= 0.6 is 0 Å². The average molecular weight is 282 g/mol. The molecule has 0 saturated heterocycles. The van der Waals surface area contributed by atoms with Crippen molar-refractivity contribution in [2.45, 2.75) is 6.92 Å². The first-order valence-corrected chi connectivity index (χ1v) is 6.44. The second kappa shape index (κ2) is 4.94. The van der Waals surface area contributed by atoms with Crippen molar-refractivity contribution >= 4 is 16.9 Å². The van der Waals surface area contributed by atoms with E-state index >= 15 is 0 Å². The van der Waals surface area contributed by atoms with Gasteiger partial charge in [-0.25, -0.2) is 4.79 Å². The first-order chi connectivity index (χ1) is 10.1. The molecule has 3 rings (SSSR count). The van der Waals surface area contributed by atoms with Crippen molar-refractivity contribution in [1.29, 1.82) is 0 Å². The van der Waals surface area contributed by atoms with Gasteiger partial charge in [-0.1, -0.05) is 0 Å². The van der Waals surface area contributed by atoms with Crippen molar-refractivity contribution < 1.29 is 14.6 Å². The fourth-order valence-corrected chi connectivity index (χ4v) is 2.39. The molecule has 0 atom stereocenters. The summed E-state index contributed by atoms with van der Waals surface area (Å²) in [5, 5.41) is 10.0. The first-order valence-electron chi connectivity index (χ1n) is 6.44. The molecule has 1 aromatic carbocycles. The van der Waals surface area contributed by atoms with Crippen LogP contribution in [0.5, 0.6) is 5.75 Å². The van der Waals surface area contributed by atoms with Crippen LogP contribution in [0.3, 0.4) is 0 Å². The molecular weight excluding hydrogens is 268 g/mol. The molecule has 0 aliphatic rings. The number of ether oxygens (including phenoxy) is 1. The Hall–Kier alpha value is -2.82. The number of pyridine rings is 1. The van der Waals surface area contributed by atoms with Gasteiger partial charge in [0.15, 0.2) is 0 Å². The molecule has 106 valence electrons. The highest BCUT2D eigenvalue weighted by molar-refractivity contribution is 5.95. The Morgan fingerprint density at radius 3 is 2.81 bits per heavy atom. The molecule has 0 saturated carbocycles. The lowest BCUT2D eigenvalue weighted by molar-refractivity contribution is 0.0697. The number of carbonyl (C=O) groups is 1. The molecule has 0 aliphatic carbocycles. The van der Waals surface area contributed by atoms with E-state index in [0.29, 0.717) is 5.75 Å². The van der Waals surface area contributed by atoms with Gasteiger partial charge in [-0.05, 0) is 30.7 Å². The van der Waals surface area contributed by atoms with Crippen LogP contribution in [0.1, 0.15) is 15.9 Å². The minimum Gasteiger partial charge on any atom is -0.495 e. The van der Waals surface area contributed by atoms with Crippen molar-refractivity contribution in [3.63, 3.8) is 0 Å². The lowest BCUT2D eigenvalue weighted by Gasteiger charge is -2.07. The zero-order valence-corrected chi connectivity index (χ0v) is 11.7. The highest BCUT2D eigenvalue weighted by Crippen LogP contribution is 2.26. The molecule has 3 aromatic rings. The van der Waals surface area contributed by atoms with Crippen molar-refractivity contribution in [2.24, 2.45) is 0 Å². The van der Waals surface area contributed by atoms with E-state index in [1.807, 2.05) is 29.8 Å². The van der Waals surface area contributed by atoms with Gasteiger partial charge in [-0.15, -0.1) is 0 Å². The van der Waals surface area contributed by atoms with E-state index in [2.05, 4.69) is 4.98 Å². The molecule has 0 aliphatic heterocycles. The summed E-state index contributed by atoms with van der Waals surface area (Å²) in [6.07, 6.45) is 5.35. The van der Waals surface area contributed by atoms with Crippen LogP contribution in [0, 0.1) is 6.92 Å². The van der Waals surface area contributed by atoms with Gasteiger partial charge in [0.1, 0.15) is 5.75 Å². The number of fused-ring (bicyclic) bond motifs is 1. The topological polar surface area (TPSA) is 64.4 Å². The van der Waals surface area contributed by atoms with E-state index in [-0.39, 0.29) is 5.56 Å². The molecule has 0 amide bonds. The summed E-state index contributed by atoms with van der Waals surface area (Å²) in [5.74, 6) is -0.249. The molecule has 2 aromatic heterocycles. The van der Waals surface area contributed by atoms with Crippen LogP contribution in [0.25, 0.3) is 16.6 Å². The van der Waals surface area contributed by atoms with Crippen molar-refractivity contribution in [2.75, 3.05) is 7.11 Å². The highest BCUT2D eigenvalue weighted by atomic mass is 16.5. The van der Waals surface area contributed by atoms with Gasteiger partial charge in [0, 0.05) is 17.6 Å². The fourth-order valence-electron chi connectivity index (χ4n) is 2.39. The zero-order valence-electron chi connectivity index (χ0n) is 11.7. The molecule has 2 heterocycles. The summed E-state index contributed by atoms with van der Waals surface area (Å²) in [4.78, 5) is 15.2. The number of hydrogen-bond donors (Lipinski definition) is 1. The largest absolute Gasteiger partial charge is 0.495 e. The van der Waals surface area contributed by atoms with Crippen LogP contribution in [-0.4, -0.2) is 27.7 Å². The van der Waals surface area contributed by atoms with E-state index in [9.17, 15) is 4.79 Å². The number of carboxylic acid groups (broad SMARTS) is 1. The Morgan fingerprint density at radius 2 is 2.10 bits per heavy atom. The Bertz CT molecular complexity index is 837. The third kappa shape index (κ3) is 2.23. The Kier molecular flexibility index (Phi) is 3.10. The smallest absolute Gasteiger partial charge is 0.335 e. The number of benzene rings is 1. The molecule has 21 heavy (non-hydrogen) atoms. The van der Waals surface area contributed by atoms with E-state index in [4.69, 9.17) is 9.84 Å². The summed E-state index contributed by atoms with van der Waals surface area (Å²) < 4.78 is 7.17. The number of aryl methyl sites for hydroxylation is 1. The van der Waals surface area contributed by atoms with E-state index in [1.54, 1.807) is 31.6 Å². The number of methoxy groups -OCH3 is 1. The normalized spacial score (nSPS) is 10.8. The molecule has 0 unspecified atom stereocenters. The Balaban J connectivity index is 2.21. The molecule has 0 spiro atoms. The van der Waals surface area contributed by atoms with Crippen molar-refractivity contribution in [3.8, 4) is 11.4 Å². The van der Waals surface area contributed by atoms with Crippen molar-refractivity contribution in [3.05, 3.63) is 54.0 Å². The second-order valence-corrected chi connectivity index (χ2v) is 4.80. The number of rotatable bonds is 3. The maximum Gasteiger partial charge on any atom is 0.335 e. The number of aromatic nitrogens is 2. The van der Waals surface area contributed by atoms with Crippen LogP contribution in [0.15, 0.2) is 42.9 Å². The molecular formula is C16H14N2O3. The minimum atomic E-state index is -0.924. The lowest BCUT2D eigenvalue weighted by atomic mass is 10.1. The fraction of sp³-hybridized carbons (Fsp3) is 0.125. The highest BCUT2D eigenvalue weighted by Gasteiger charge is 2.11. The maximum atomic E-state index is 11.1.